The van der Waals surface area contributed by atoms with E-state index in [-0.39, 0.29) is 23.1 Å². The van der Waals surface area contributed by atoms with Crippen LogP contribution in [0, 0.1) is 5.92 Å². The van der Waals surface area contributed by atoms with Gasteiger partial charge in [-0.25, -0.2) is 13.2 Å². The Hall–Kier alpha value is -1.38. The molecule has 0 atom stereocenters. The summed E-state index contributed by atoms with van der Waals surface area (Å²) < 4.78 is 25.3. The predicted molar refractivity (Wildman–Crippen MR) is 72.8 cm³/mol. The molecular formula is C12H20N2O5S. The van der Waals surface area contributed by atoms with Gasteiger partial charge in [0.25, 0.3) is 10.0 Å². The third kappa shape index (κ3) is 4.32. The molecule has 0 fully saturated rings. The normalized spacial score (nSPS) is 12.0. The standard InChI is InChI=1S/C12H20N2O5S/c1-4-5-14-7-10(6-11(14)12(15)16)20(17,18)13-19-8-9(2)3/h6-7,9,13H,4-5,8H2,1-3H3,(H,15,16). The second kappa shape index (κ2) is 6.87. The van der Waals surface area contributed by atoms with Crippen LogP contribution in [0.3, 0.4) is 0 Å². The zero-order valence-corrected chi connectivity index (χ0v) is 12.6. The summed E-state index contributed by atoms with van der Waals surface area (Å²) in [4.78, 5) is 17.8. The summed E-state index contributed by atoms with van der Waals surface area (Å²) in [7, 11) is -3.87. The fraction of sp³-hybridized carbons (Fsp3) is 0.583. The first-order chi connectivity index (χ1) is 9.27. The molecule has 1 heterocycles. The molecule has 0 bridgehead atoms. The molecule has 1 rings (SSSR count). The number of sulfonamides is 1. The largest absolute Gasteiger partial charge is 0.477 e. The zero-order chi connectivity index (χ0) is 15.3. The molecule has 0 spiro atoms. The highest BCUT2D eigenvalue weighted by Gasteiger charge is 2.21. The predicted octanol–water partition coefficient (Wildman–Crippen LogP) is 1.46. The van der Waals surface area contributed by atoms with E-state index in [1.54, 1.807) is 0 Å². The molecule has 0 aliphatic rings. The van der Waals surface area contributed by atoms with Crippen molar-refractivity contribution in [3.8, 4) is 0 Å². The van der Waals surface area contributed by atoms with Crippen molar-refractivity contribution in [2.75, 3.05) is 6.61 Å². The number of carboxylic acid groups (broad SMARTS) is 1. The minimum Gasteiger partial charge on any atom is -0.477 e. The summed E-state index contributed by atoms with van der Waals surface area (Å²) >= 11 is 0. The molecule has 0 aliphatic heterocycles. The first-order valence-corrected chi connectivity index (χ1v) is 7.83. The van der Waals surface area contributed by atoms with Crippen LogP contribution in [0.5, 0.6) is 0 Å². The molecule has 20 heavy (non-hydrogen) atoms. The Kier molecular flexibility index (Phi) is 5.73. The van der Waals surface area contributed by atoms with E-state index in [0.717, 1.165) is 6.07 Å². The molecule has 114 valence electrons. The van der Waals surface area contributed by atoms with Crippen LogP contribution in [0.25, 0.3) is 0 Å². The van der Waals surface area contributed by atoms with Gasteiger partial charge in [-0.05, 0) is 18.4 Å². The van der Waals surface area contributed by atoms with E-state index in [2.05, 4.69) is 0 Å². The van der Waals surface area contributed by atoms with Gasteiger partial charge in [-0.2, -0.15) is 0 Å². The number of hydrogen-bond donors (Lipinski definition) is 2. The molecule has 7 nitrogen and oxygen atoms in total. The van der Waals surface area contributed by atoms with Gasteiger partial charge in [0, 0.05) is 12.7 Å². The number of aryl methyl sites for hydroxylation is 1. The van der Waals surface area contributed by atoms with Crippen molar-refractivity contribution in [2.24, 2.45) is 5.92 Å². The van der Waals surface area contributed by atoms with Gasteiger partial charge in [-0.1, -0.05) is 25.7 Å². The summed E-state index contributed by atoms with van der Waals surface area (Å²) in [6.07, 6.45) is 2.00. The van der Waals surface area contributed by atoms with Crippen molar-refractivity contribution < 1.29 is 23.2 Å². The first-order valence-electron chi connectivity index (χ1n) is 6.35. The highest BCUT2D eigenvalue weighted by Crippen LogP contribution is 2.15. The molecule has 1 aromatic rings. The number of nitrogens with zero attached hydrogens (tertiary/aromatic N) is 1. The van der Waals surface area contributed by atoms with Crippen LogP contribution >= 0.6 is 0 Å². The van der Waals surface area contributed by atoms with Crippen molar-refractivity contribution in [3.63, 3.8) is 0 Å². The minimum absolute atomic E-state index is 0.0592. The van der Waals surface area contributed by atoms with Crippen LogP contribution in [-0.2, 0) is 21.4 Å². The lowest BCUT2D eigenvalue weighted by molar-refractivity contribution is 0.0685. The van der Waals surface area contributed by atoms with Gasteiger partial charge in [-0.3, -0.25) is 4.84 Å². The highest BCUT2D eigenvalue weighted by atomic mass is 32.2. The van der Waals surface area contributed by atoms with Gasteiger partial charge < -0.3 is 9.67 Å². The van der Waals surface area contributed by atoms with Crippen LogP contribution in [0.2, 0.25) is 0 Å². The van der Waals surface area contributed by atoms with Crippen molar-refractivity contribution >= 4 is 16.0 Å². The van der Waals surface area contributed by atoms with Crippen LogP contribution in [0.1, 0.15) is 37.7 Å². The lowest BCUT2D eigenvalue weighted by Gasteiger charge is -2.07. The Bertz CT molecular complexity index is 562. The second-order valence-corrected chi connectivity index (χ2v) is 6.50. The number of aromatic carboxylic acids is 1. The van der Waals surface area contributed by atoms with Gasteiger partial charge in [0.2, 0.25) is 0 Å². The summed E-state index contributed by atoms with van der Waals surface area (Å²) in [6.45, 7) is 6.32. The monoisotopic (exact) mass is 304 g/mol. The second-order valence-electron chi connectivity index (χ2n) is 4.85. The Balaban J connectivity index is 2.95. The smallest absolute Gasteiger partial charge is 0.352 e. The van der Waals surface area contributed by atoms with Crippen molar-refractivity contribution in [3.05, 3.63) is 18.0 Å². The maximum atomic E-state index is 12.0. The van der Waals surface area contributed by atoms with Crippen LogP contribution < -0.4 is 4.89 Å². The van der Waals surface area contributed by atoms with Gasteiger partial charge in [0.05, 0.1) is 6.61 Å². The van der Waals surface area contributed by atoms with Crippen LogP contribution in [-0.4, -0.2) is 30.7 Å². The third-order valence-corrected chi connectivity index (χ3v) is 3.63. The molecule has 0 radical (unpaired) electrons. The maximum Gasteiger partial charge on any atom is 0.352 e. The number of carbonyl (C=O) groups is 1. The van der Waals surface area contributed by atoms with Crippen LogP contribution in [0.15, 0.2) is 17.2 Å². The third-order valence-electron chi connectivity index (χ3n) is 2.45. The fourth-order valence-electron chi connectivity index (χ4n) is 1.56. The van der Waals surface area contributed by atoms with Gasteiger partial charge in [-0.15, -0.1) is 0 Å². The molecular weight excluding hydrogens is 284 g/mol. The first kappa shape index (κ1) is 16.7. The average Bonchev–Trinajstić information content (AvgIpc) is 2.73. The molecule has 0 amide bonds. The fourth-order valence-corrected chi connectivity index (χ4v) is 2.41. The molecule has 0 saturated heterocycles. The van der Waals surface area contributed by atoms with Gasteiger partial charge in [0.15, 0.2) is 0 Å². The van der Waals surface area contributed by atoms with E-state index < -0.39 is 16.0 Å². The SMILES string of the molecule is CCCn1cc(S(=O)(=O)NOCC(C)C)cc1C(=O)O. The minimum atomic E-state index is -3.87. The average molecular weight is 304 g/mol. The molecule has 8 heteroatoms. The number of aromatic nitrogens is 1. The molecule has 0 saturated carbocycles. The highest BCUT2D eigenvalue weighted by molar-refractivity contribution is 7.89. The molecule has 0 aliphatic carbocycles. The van der Waals surface area contributed by atoms with Gasteiger partial charge in [0.1, 0.15) is 10.6 Å². The Labute approximate surface area is 118 Å². The summed E-state index contributed by atoms with van der Waals surface area (Å²) in [5, 5.41) is 9.05. The van der Waals surface area contributed by atoms with Crippen molar-refractivity contribution in [2.45, 2.75) is 38.6 Å². The quantitative estimate of drug-likeness (QED) is 0.709. The summed E-state index contributed by atoms with van der Waals surface area (Å²) in [6, 6.07) is 1.12. The molecule has 2 N–H and O–H groups in total. The molecule has 1 aromatic heterocycles. The lowest BCUT2D eigenvalue weighted by atomic mass is 10.2. The van der Waals surface area contributed by atoms with E-state index in [1.807, 2.05) is 25.7 Å². The van der Waals surface area contributed by atoms with E-state index in [9.17, 15) is 13.2 Å². The number of nitrogens with one attached hydrogen (secondary N) is 1. The van der Waals surface area contributed by atoms with E-state index in [1.165, 1.54) is 10.8 Å². The Morgan fingerprint density at radius 2 is 2.15 bits per heavy atom. The van der Waals surface area contributed by atoms with Gasteiger partial charge >= 0.3 is 5.97 Å². The van der Waals surface area contributed by atoms with E-state index in [0.29, 0.717) is 13.0 Å². The van der Waals surface area contributed by atoms with E-state index >= 15 is 0 Å². The van der Waals surface area contributed by atoms with E-state index in [4.69, 9.17) is 9.94 Å². The summed E-state index contributed by atoms with van der Waals surface area (Å²) in [5.74, 6) is -0.986. The molecule has 0 unspecified atom stereocenters. The topological polar surface area (TPSA) is 97.6 Å². The number of rotatable bonds is 8. The zero-order valence-electron chi connectivity index (χ0n) is 11.8. The number of carboxylic acids is 1. The van der Waals surface area contributed by atoms with Crippen LogP contribution in [0.4, 0.5) is 0 Å². The Morgan fingerprint density at radius 1 is 1.50 bits per heavy atom. The summed E-state index contributed by atoms with van der Waals surface area (Å²) in [5.41, 5.74) is -0.0592. The number of hydrogen-bond acceptors (Lipinski definition) is 4. The Morgan fingerprint density at radius 3 is 2.65 bits per heavy atom. The molecule has 0 aromatic carbocycles. The lowest BCUT2D eigenvalue weighted by Crippen LogP contribution is -2.25. The van der Waals surface area contributed by atoms with Crippen molar-refractivity contribution in [1.82, 2.24) is 9.45 Å². The maximum absolute atomic E-state index is 12.0. The van der Waals surface area contributed by atoms with Crippen molar-refractivity contribution in [1.29, 1.82) is 0 Å².